The summed E-state index contributed by atoms with van der Waals surface area (Å²) in [6.45, 7) is 0.103. The van der Waals surface area contributed by atoms with Crippen LogP contribution in [0.5, 0.6) is 5.75 Å². The number of halogens is 1. The first kappa shape index (κ1) is 13.6. The molecule has 0 fully saturated rings. The smallest absolute Gasteiger partial charge is 0.244 e. The van der Waals surface area contributed by atoms with Gasteiger partial charge in [0.15, 0.2) is 4.80 Å². The second-order valence-electron chi connectivity index (χ2n) is 3.73. The summed E-state index contributed by atoms with van der Waals surface area (Å²) in [5.74, 6) is 0.346. The first-order chi connectivity index (χ1) is 9.10. The van der Waals surface area contributed by atoms with Gasteiger partial charge in [-0.25, -0.2) is 0 Å². The maximum atomic E-state index is 11.8. The Bertz CT molecular complexity index is 650. The van der Waals surface area contributed by atoms with E-state index in [-0.39, 0.29) is 12.5 Å². The van der Waals surface area contributed by atoms with Crippen molar-refractivity contribution in [2.45, 2.75) is 6.54 Å². The molecular formula is C12H12ClN3O2S. The average molecular weight is 298 g/mol. The van der Waals surface area contributed by atoms with E-state index in [2.05, 4.69) is 5.32 Å². The Labute approximate surface area is 118 Å². The molecule has 7 heteroatoms. The molecule has 0 saturated carbocycles. The standard InChI is InChI=1S/C12H12ClN3O2S/c1-18-10-3-2-8(6-9(10)13)15-11(17)7-16-4-5-19-12(16)14/h2-6,14H,7H2,1H3,(H,15,17). The van der Waals surface area contributed by atoms with Crippen molar-refractivity contribution in [2.75, 3.05) is 12.4 Å². The number of amides is 1. The molecular weight excluding hydrogens is 286 g/mol. The van der Waals surface area contributed by atoms with E-state index in [1.54, 1.807) is 34.3 Å². The summed E-state index contributed by atoms with van der Waals surface area (Å²) >= 11 is 7.24. The number of benzene rings is 1. The Balaban J connectivity index is 2.05. The Kier molecular flexibility index (Phi) is 4.24. The molecule has 2 aromatic rings. The number of rotatable bonds is 4. The van der Waals surface area contributed by atoms with Gasteiger partial charge in [-0.15, -0.1) is 11.3 Å². The molecule has 19 heavy (non-hydrogen) atoms. The van der Waals surface area contributed by atoms with Gasteiger partial charge in [-0.1, -0.05) is 11.6 Å². The third kappa shape index (κ3) is 3.36. The number of nitrogens with zero attached hydrogens (tertiary/aromatic N) is 1. The molecule has 2 rings (SSSR count). The van der Waals surface area contributed by atoms with Crippen molar-refractivity contribution in [3.05, 3.63) is 39.6 Å². The van der Waals surface area contributed by atoms with Gasteiger partial charge in [0.05, 0.1) is 12.1 Å². The predicted octanol–water partition coefficient (Wildman–Crippen LogP) is 2.33. The summed E-state index contributed by atoms with van der Waals surface area (Å²) in [5, 5.41) is 12.5. The highest BCUT2D eigenvalue weighted by Gasteiger charge is 2.07. The fourth-order valence-corrected chi connectivity index (χ4v) is 2.38. The van der Waals surface area contributed by atoms with Crippen molar-refractivity contribution in [3.8, 4) is 5.75 Å². The van der Waals surface area contributed by atoms with Gasteiger partial charge in [0.25, 0.3) is 0 Å². The van der Waals surface area contributed by atoms with Gasteiger partial charge in [0.2, 0.25) is 5.91 Å². The number of hydrogen-bond donors (Lipinski definition) is 2. The maximum Gasteiger partial charge on any atom is 0.244 e. The molecule has 0 bridgehead atoms. The van der Waals surface area contributed by atoms with Gasteiger partial charge in [-0.3, -0.25) is 10.2 Å². The molecule has 0 saturated heterocycles. The molecule has 1 amide bonds. The lowest BCUT2D eigenvalue weighted by Crippen LogP contribution is -2.23. The molecule has 5 nitrogen and oxygen atoms in total. The van der Waals surface area contributed by atoms with Gasteiger partial charge in [0, 0.05) is 17.3 Å². The van der Waals surface area contributed by atoms with Gasteiger partial charge in [-0.05, 0) is 18.2 Å². The Morgan fingerprint density at radius 2 is 2.37 bits per heavy atom. The quantitative estimate of drug-likeness (QED) is 0.909. The number of aromatic nitrogens is 1. The van der Waals surface area contributed by atoms with E-state index in [1.165, 1.54) is 18.4 Å². The second-order valence-corrected chi connectivity index (χ2v) is 5.04. The summed E-state index contributed by atoms with van der Waals surface area (Å²) in [4.78, 5) is 12.1. The lowest BCUT2D eigenvalue weighted by Gasteiger charge is -2.08. The highest BCUT2D eigenvalue weighted by Crippen LogP contribution is 2.27. The molecule has 0 spiro atoms. The van der Waals surface area contributed by atoms with Crippen molar-refractivity contribution in [2.24, 2.45) is 0 Å². The summed E-state index contributed by atoms with van der Waals surface area (Å²) in [6.07, 6.45) is 1.70. The molecule has 0 aliphatic carbocycles. The molecule has 1 aromatic heterocycles. The minimum atomic E-state index is -0.210. The van der Waals surface area contributed by atoms with Crippen LogP contribution in [0, 0.1) is 5.41 Å². The predicted molar refractivity (Wildman–Crippen MR) is 74.8 cm³/mol. The van der Waals surface area contributed by atoms with Crippen LogP contribution in [0.25, 0.3) is 0 Å². The molecule has 2 N–H and O–H groups in total. The molecule has 100 valence electrons. The fraction of sp³-hybridized carbons (Fsp3) is 0.167. The third-order valence-corrected chi connectivity index (χ3v) is 3.44. The number of thiazole rings is 1. The minimum absolute atomic E-state index is 0.103. The number of carbonyl (C=O) groups excluding carboxylic acids is 1. The molecule has 0 unspecified atom stereocenters. The summed E-state index contributed by atoms with van der Waals surface area (Å²) in [7, 11) is 1.53. The van der Waals surface area contributed by atoms with Gasteiger partial charge in [0.1, 0.15) is 12.3 Å². The zero-order valence-electron chi connectivity index (χ0n) is 10.1. The van der Waals surface area contributed by atoms with Gasteiger partial charge >= 0.3 is 0 Å². The van der Waals surface area contributed by atoms with E-state index >= 15 is 0 Å². The highest BCUT2D eigenvalue weighted by molar-refractivity contribution is 7.06. The monoisotopic (exact) mass is 297 g/mol. The van der Waals surface area contributed by atoms with E-state index in [0.29, 0.717) is 21.3 Å². The molecule has 1 aromatic carbocycles. The molecule has 1 heterocycles. The third-order valence-electron chi connectivity index (χ3n) is 2.43. The first-order valence-electron chi connectivity index (χ1n) is 5.42. The number of nitrogens with one attached hydrogen (secondary N) is 2. The SMILES string of the molecule is COc1ccc(NC(=O)Cn2ccsc2=N)cc1Cl. The Morgan fingerprint density at radius 1 is 1.58 bits per heavy atom. The van der Waals surface area contributed by atoms with E-state index in [1.807, 2.05) is 0 Å². The first-order valence-corrected chi connectivity index (χ1v) is 6.68. The van der Waals surface area contributed by atoms with Crippen LogP contribution in [0.2, 0.25) is 5.02 Å². The van der Waals surface area contributed by atoms with Crippen LogP contribution >= 0.6 is 22.9 Å². The maximum absolute atomic E-state index is 11.8. The average Bonchev–Trinajstić information content (AvgIpc) is 2.75. The summed E-state index contributed by atoms with van der Waals surface area (Å²) < 4.78 is 6.59. The Morgan fingerprint density at radius 3 is 2.95 bits per heavy atom. The van der Waals surface area contributed by atoms with Gasteiger partial charge in [-0.2, -0.15) is 0 Å². The zero-order valence-corrected chi connectivity index (χ0v) is 11.7. The van der Waals surface area contributed by atoms with E-state index in [9.17, 15) is 4.79 Å². The fourth-order valence-electron chi connectivity index (χ4n) is 1.53. The van der Waals surface area contributed by atoms with Crippen molar-refractivity contribution in [1.82, 2.24) is 4.57 Å². The van der Waals surface area contributed by atoms with Crippen molar-refractivity contribution < 1.29 is 9.53 Å². The van der Waals surface area contributed by atoms with Crippen molar-refractivity contribution >= 4 is 34.5 Å². The van der Waals surface area contributed by atoms with Crippen molar-refractivity contribution in [1.29, 1.82) is 5.41 Å². The lowest BCUT2D eigenvalue weighted by atomic mass is 10.3. The van der Waals surface area contributed by atoms with Crippen LogP contribution < -0.4 is 14.9 Å². The summed E-state index contributed by atoms with van der Waals surface area (Å²) in [5.41, 5.74) is 0.596. The number of carbonyl (C=O) groups is 1. The van der Waals surface area contributed by atoms with Gasteiger partial charge < -0.3 is 14.6 Å². The van der Waals surface area contributed by atoms with Crippen LogP contribution in [0.4, 0.5) is 5.69 Å². The van der Waals surface area contributed by atoms with Crippen LogP contribution in [-0.4, -0.2) is 17.6 Å². The number of methoxy groups -OCH3 is 1. The second kappa shape index (κ2) is 5.90. The summed E-state index contributed by atoms with van der Waals surface area (Å²) in [6, 6.07) is 5.02. The normalized spacial score (nSPS) is 10.2. The number of hydrogen-bond acceptors (Lipinski definition) is 4. The molecule has 0 aliphatic heterocycles. The van der Waals surface area contributed by atoms with Crippen LogP contribution in [0.1, 0.15) is 0 Å². The topological polar surface area (TPSA) is 67.1 Å². The van der Waals surface area contributed by atoms with E-state index in [4.69, 9.17) is 21.7 Å². The molecule has 0 aliphatic rings. The van der Waals surface area contributed by atoms with Crippen molar-refractivity contribution in [3.63, 3.8) is 0 Å². The lowest BCUT2D eigenvalue weighted by molar-refractivity contribution is -0.116. The largest absolute Gasteiger partial charge is 0.495 e. The van der Waals surface area contributed by atoms with E-state index < -0.39 is 0 Å². The van der Waals surface area contributed by atoms with Crippen LogP contribution in [-0.2, 0) is 11.3 Å². The highest BCUT2D eigenvalue weighted by atomic mass is 35.5. The Hall–Kier alpha value is -1.79. The minimum Gasteiger partial charge on any atom is -0.495 e. The van der Waals surface area contributed by atoms with Crippen LogP contribution in [0.3, 0.4) is 0 Å². The van der Waals surface area contributed by atoms with E-state index in [0.717, 1.165) is 0 Å². The number of ether oxygens (including phenoxy) is 1. The zero-order chi connectivity index (χ0) is 13.8. The number of anilines is 1. The molecule has 0 atom stereocenters. The van der Waals surface area contributed by atoms with Crippen LogP contribution in [0.15, 0.2) is 29.8 Å². The molecule has 0 radical (unpaired) electrons.